The second kappa shape index (κ2) is 7.01. The van der Waals surface area contributed by atoms with Gasteiger partial charge in [-0.1, -0.05) is 0 Å². The molecule has 1 N–H and O–H groups in total. The number of carbonyl (C=O) groups excluding carboxylic acids is 1. The number of hydrogen-bond acceptors (Lipinski definition) is 3. The Morgan fingerprint density at radius 3 is 2.95 bits per heavy atom. The van der Waals surface area contributed by atoms with Crippen LogP contribution in [0.5, 0.6) is 0 Å². The third kappa shape index (κ3) is 4.58. The Kier molecular flexibility index (Phi) is 5.34. The van der Waals surface area contributed by atoms with E-state index in [0.29, 0.717) is 10.2 Å². The highest BCUT2D eigenvalue weighted by molar-refractivity contribution is 9.10. The summed E-state index contributed by atoms with van der Waals surface area (Å²) in [6.07, 6.45) is 5.20. The van der Waals surface area contributed by atoms with Crippen molar-refractivity contribution < 1.29 is 4.79 Å². The topological polar surface area (TPSA) is 45.2 Å². The lowest BCUT2D eigenvalue weighted by atomic mass is 9.94. The molecule has 1 fully saturated rings. The van der Waals surface area contributed by atoms with Crippen molar-refractivity contribution in [3.05, 3.63) is 28.5 Å². The molecule has 0 unspecified atom stereocenters. The number of rotatable bonds is 4. The first-order valence-electron chi connectivity index (χ1n) is 6.73. The molecule has 2 heterocycles. The highest BCUT2D eigenvalue weighted by atomic mass is 79.9. The van der Waals surface area contributed by atoms with Crippen molar-refractivity contribution in [3.8, 4) is 0 Å². The summed E-state index contributed by atoms with van der Waals surface area (Å²) in [7, 11) is 2.17. The van der Waals surface area contributed by atoms with Gasteiger partial charge in [-0.15, -0.1) is 0 Å². The van der Waals surface area contributed by atoms with E-state index in [1.807, 2.05) is 0 Å². The Hall–Kier alpha value is -0.940. The van der Waals surface area contributed by atoms with E-state index < -0.39 is 0 Å². The predicted octanol–water partition coefficient (Wildman–Crippen LogP) is 2.31. The van der Waals surface area contributed by atoms with Gasteiger partial charge in [0.25, 0.3) is 5.91 Å². The summed E-state index contributed by atoms with van der Waals surface area (Å²) in [5.74, 6) is 0.733. The number of likely N-dealkylation sites (tertiary alicyclic amines) is 1. The maximum Gasteiger partial charge on any atom is 0.251 e. The van der Waals surface area contributed by atoms with Crippen LogP contribution < -0.4 is 5.32 Å². The van der Waals surface area contributed by atoms with Gasteiger partial charge >= 0.3 is 0 Å². The minimum absolute atomic E-state index is 0.0176. The van der Waals surface area contributed by atoms with Crippen molar-refractivity contribution in [1.29, 1.82) is 0 Å². The van der Waals surface area contributed by atoms with Gasteiger partial charge in [-0.3, -0.25) is 4.79 Å². The molecule has 19 heavy (non-hydrogen) atoms. The number of amides is 1. The fourth-order valence-corrected chi connectivity index (χ4v) is 2.75. The number of aromatic nitrogens is 1. The lowest BCUT2D eigenvalue weighted by molar-refractivity contribution is 0.0948. The van der Waals surface area contributed by atoms with E-state index in [0.717, 1.165) is 18.9 Å². The minimum atomic E-state index is -0.0176. The first-order chi connectivity index (χ1) is 9.15. The summed E-state index contributed by atoms with van der Waals surface area (Å²) < 4.78 is 0.690. The van der Waals surface area contributed by atoms with Crippen molar-refractivity contribution in [2.24, 2.45) is 5.92 Å². The van der Waals surface area contributed by atoms with Crippen molar-refractivity contribution >= 4 is 21.8 Å². The Bertz CT molecular complexity index is 430. The largest absolute Gasteiger partial charge is 0.352 e. The molecule has 0 spiro atoms. The van der Waals surface area contributed by atoms with Gasteiger partial charge in [-0.05, 0) is 73.4 Å². The summed E-state index contributed by atoms with van der Waals surface area (Å²) in [5.41, 5.74) is 0.658. The van der Waals surface area contributed by atoms with E-state index in [-0.39, 0.29) is 5.91 Å². The van der Waals surface area contributed by atoms with Crippen LogP contribution in [0.2, 0.25) is 0 Å². The number of pyridine rings is 1. The highest BCUT2D eigenvalue weighted by Crippen LogP contribution is 2.18. The number of nitrogens with zero attached hydrogens (tertiary/aromatic N) is 2. The second-order valence-corrected chi connectivity index (χ2v) is 5.97. The Morgan fingerprint density at radius 2 is 2.26 bits per heavy atom. The maximum absolute atomic E-state index is 11.9. The predicted molar refractivity (Wildman–Crippen MR) is 79.1 cm³/mol. The molecule has 4 nitrogen and oxygen atoms in total. The molecule has 1 aromatic heterocycles. The third-order valence-electron chi connectivity index (χ3n) is 3.67. The van der Waals surface area contributed by atoms with Gasteiger partial charge in [-0.25, -0.2) is 4.98 Å². The molecule has 0 saturated carbocycles. The molecule has 0 aromatic carbocycles. The molecule has 1 aliphatic rings. The van der Waals surface area contributed by atoms with Gasteiger partial charge in [0.2, 0.25) is 0 Å². The quantitative estimate of drug-likeness (QED) is 0.864. The average molecular weight is 326 g/mol. The number of hydrogen-bond donors (Lipinski definition) is 1. The fourth-order valence-electron chi connectivity index (χ4n) is 2.39. The smallest absolute Gasteiger partial charge is 0.251 e. The zero-order chi connectivity index (χ0) is 13.7. The summed E-state index contributed by atoms with van der Waals surface area (Å²) in [6, 6.07) is 3.47. The molecule has 1 amide bonds. The van der Waals surface area contributed by atoms with Crippen LogP contribution in [-0.4, -0.2) is 42.5 Å². The third-order valence-corrected chi connectivity index (χ3v) is 4.10. The van der Waals surface area contributed by atoms with Gasteiger partial charge in [0.15, 0.2) is 0 Å². The van der Waals surface area contributed by atoms with Crippen LogP contribution in [0, 0.1) is 5.92 Å². The molecule has 104 valence electrons. The molecule has 1 aromatic rings. The molecule has 0 bridgehead atoms. The molecule has 1 aliphatic heterocycles. The highest BCUT2D eigenvalue weighted by Gasteiger charge is 2.16. The second-order valence-electron chi connectivity index (χ2n) is 5.16. The molecule has 0 aliphatic carbocycles. The lowest BCUT2D eigenvalue weighted by Gasteiger charge is -2.28. The summed E-state index contributed by atoms with van der Waals surface area (Å²) in [5, 5.41) is 2.98. The van der Waals surface area contributed by atoms with Crippen LogP contribution in [0.4, 0.5) is 0 Å². The lowest BCUT2D eigenvalue weighted by Crippen LogP contribution is -2.32. The van der Waals surface area contributed by atoms with E-state index in [2.05, 4.69) is 38.2 Å². The van der Waals surface area contributed by atoms with Crippen molar-refractivity contribution in [1.82, 2.24) is 15.2 Å². The van der Waals surface area contributed by atoms with E-state index >= 15 is 0 Å². The van der Waals surface area contributed by atoms with Crippen LogP contribution in [0.1, 0.15) is 29.6 Å². The molecule has 0 radical (unpaired) electrons. The van der Waals surface area contributed by atoms with Crippen LogP contribution in [-0.2, 0) is 0 Å². The van der Waals surface area contributed by atoms with Gasteiger partial charge in [0.05, 0.1) is 0 Å². The maximum atomic E-state index is 11.9. The zero-order valence-electron chi connectivity index (χ0n) is 11.2. The number of nitrogens with one attached hydrogen (secondary N) is 1. The van der Waals surface area contributed by atoms with Crippen LogP contribution in [0.15, 0.2) is 22.9 Å². The SMILES string of the molecule is CN1CCC(CCNC(=O)c2ccnc(Br)c2)CC1. The van der Waals surface area contributed by atoms with E-state index in [9.17, 15) is 4.79 Å². The van der Waals surface area contributed by atoms with Gasteiger partial charge in [0, 0.05) is 18.3 Å². The van der Waals surface area contributed by atoms with E-state index in [1.165, 1.54) is 25.9 Å². The van der Waals surface area contributed by atoms with Gasteiger partial charge in [-0.2, -0.15) is 0 Å². The van der Waals surface area contributed by atoms with Crippen molar-refractivity contribution in [2.45, 2.75) is 19.3 Å². The van der Waals surface area contributed by atoms with Crippen molar-refractivity contribution in [3.63, 3.8) is 0 Å². The Balaban J connectivity index is 1.72. The summed E-state index contributed by atoms with van der Waals surface area (Å²) in [6.45, 7) is 3.11. The fraction of sp³-hybridized carbons (Fsp3) is 0.571. The zero-order valence-corrected chi connectivity index (χ0v) is 12.8. The Morgan fingerprint density at radius 1 is 1.53 bits per heavy atom. The van der Waals surface area contributed by atoms with Crippen LogP contribution in [0.25, 0.3) is 0 Å². The molecule has 2 rings (SSSR count). The van der Waals surface area contributed by atoms with Crippen LogP contribution >= 0.6 is 15.9 Å². The summed E-state index contributed by atoms with van der Waals surface area (Å²) in [4.78, 5) is 18.3. The van der Waals surface area contributed by atoms with E-state index in [1.54, 1.807) is 18.3 Å². The number of piperidine rings is 1. The van der Waals surface area contributed by atoms with Crippen LogP contribution in [0.3, 0.4) is 0 Å². The van der Waals surface area contributed by atoms with Crippen molar-refractivity contribution in [2.75, 3.05) is 26.7 Å². The monoisotopic (exact) mass is 325 g/mol. The Labute approximate surface area is 122 Å². The summed E-state index contributed by atoms with van der Waals surface area (Å²) >= 11 is 3.27. The molecule has 5 heteroatoms. The van der Waals surface area contributed by atoms with Gasteiger partial charge < -0.3 is 10.2 Å². The standard InChI is InChI=1S/C14H20BrN3O/c1-18-8-4-11(5-9-18)2-6-17-14(19)12-3-7-16-13(15)10-12/h3,7,10-11H,2,4-6,8-9H2,1H3,(H,17,19). The normalized spacial score (nSPS) is 17.4. The first-order valence-corrected chi connectivity index (χ1v) is 7.53. The van der Waals surface area contributed by atoms with E-state index in [4.69, 9.17) is 0 Å². The average Bonchev–Trinajstić information content (AvgIpc) is 2.41. The number of halogens is 1. The minimum Gasteiger partial charge on any atom is -0.352 e. The molecule has 1 saturated heterocycles. The first kappa shape index (κ1) is 14.5. The molecule has 0 atom stereocenters. The molecular weight excluding hydrogens is 306 g/mol. The number of carbonyl (C=O) groups is 1. The molecular formula is C14H20BrN3O. The van der Waals surface area contributed by atoms with Gasteiger partial charge in [0.1, 0.15) is 4.60 Å².